The van der Waals surface area contributed by atoms with Crippen molar-refractivity contribution >= 4 is 59.1 Å². The fourth-order valence-corrected chi connectivity index (χ4v) is 15.5. The maximum atomic E-state index is 11.7. The lowest BCUT2D eigenvalue weighted by atomic mass is 9.88. The van der Waals surface area contributed by atoms with Crippen LogP contribution in [0.3, 0.4) is 0 Å². The van der Waals surface area contributed by atoms with Crippen molar-refractivity contribution in [2.45, 2.75) is 318 Å². The maximum Gasteiger partial charge on any atom is 0.225 e. The van der Waals surface area contributed by atoms with Crippen LogP contribution in [0.4, 0.5) is 0 Å². The minimum absolute atomic E-state index is 0.0675. The SMILES string of the molecule is CC(=O)N1CCC(CNC(=O)C(C)(C)C)C1.CC(C)(C)C(=O)NCC1CCCCC1.CC(C)(C)C(=O)NCC1CCNC1.CC(C)N1CCC(CNC(=O)C(C)(C)C)C1.CC(NC(=O)C(C)(C)C)c1ccccc1.CCN1CCC(CNC(=O)C(C)(C)C)C1.CCN1CCC(CNC(=O)C(C)(C)C)CC1.CN1CCC(CNC(=O)C(C)(C)C)C1.CN1CCN(CCNC(=O)C(C)(C)C)CC1. The van der Waals surface area contributed by atoms with Gasteiger partial charge in [-0.05, 0) is 199 Å². The van der Waals surface area contributed by atoms with Crippen molar-refractivity contribution in [3.05, 3.63) is 35.9 Å². The normalized spacial score (nSPS) is 20.6. The fraction of sp³-hybridized carbons (Fsp3) is 0.852. The summed E-state index contributed by atoms with van der Waals surface area (Å²) in [6.07, 6.45) is 14.9. The molecule has 10 amide bonds. The zero-order valence-corrected chi connectivity index (χ0v) is 92.9. The second-order valence-electron chi connectivity index (χ2n) is 49.3. The number of likely N-dealkylation sites (N-methyl/N-ethyl adjacent to an activating group) is 1. The Morgan fingerprint density at radius 3 is 1.01 bits per heavy atom. The largest absolute Gasteiger partial charge is 0.355 e. The van der Waals surface area contributed by atoms with Gasteiger partial charge in [0, 0.05) is 180 Å². The van der Waals surface area contributed by atoms with Crippen LogP contribution in [0.1, 0.15) is 317 Å². The molecule has 27 nitrogen and oxygen atoms in total. The van der Waals surface area contributed by atoms with Crippen LogP contribution in [0.15, 0.2) is 30.3 Å². The summed E-state index contributed by atoms with van der Waals surface area (Å²) in [6.45, 7) is 92.2. The summed E-state index contributed by atoms with van der Waals surface area (Å²) in [7, 11) is 4.28. The Kier molecular flexibility index (Phi) is 57.6. The molecule has 7 aliphatic heterocycles. The third-order valence-electron chi connectivity index (χ3n) is 26.1. The van der Waals surface area contributed by atoms with E-state index in [1.54, 1.807) is 6.92 Å². The molecule has 8 fully saturated rings. The van der Waals surface area contributed by atoms with Crippen LogP contribution < -0.4 is 53.2 Å². The van der Waals surface area contributed by atoms with Crippen molar-refractivity contribution in [1.29, 1.82) is 0 Å². The number of carbonyl (C=O) groups is 10. The van der Waals surface area contributed by atoms with Crippen molar-refractivity contribution < 1.29 is 47.9 Å². The lowest BCUT2D eigenvalue weighted by molar-refractivity contribution is -0.129. The average molecular weight is 1900 g/mol. The molecule has 0 bridgehead atoms. The lowest BCUT2D eigenvalue weighted by Gasteiger charge is -2.32. The van der Waals surface area contributed by atoms with Crippen molar-refractivity contribution in [3.8, 4) is 0 Å². The van der Waals surface area contributed by atoms with Crippen molar-refractivity contribution in [2.24, 2.45) is 90.2 Å². The average Bonchev–Trinajstić information content (AvgIpc) is 1.75. The van der Waals surface area contributed by atoms with Gasteiger partial charge in [-0.3, -0.25) is 52.8 Å². The highest BCUT2D eigenvalue weighted by molar-refractivity contribution is 5.85. The standard InChI is InChI=1S/2C13H26N2O.C13H19NO.C12H25N3O.C12H22N2O2.C12H24N2O.C12H23NO.C11H22N2O.C10H20N2O/c1-10(2)15-7-6-11(9-15)8-14-12(16)13(3,4)5;1-5-15-8-6-11(7-9-15)10-14-12(16)13(2,3)4;1-10(11-8-6-5-7-9-11)14-12(15)13(2,3)4;1-12(2,3)11(16)13-5-6-15-9-7-14(4)8-10-15;1-9(15)14-6-5-10(8-14)7-13-11(16)12(2,3)4;1-5-14-7-6-10(9-14)8-13-11(15)12(2,3)4;1-12(2,3)11(14)13-9-10-7-5-4-6-8-10;1-11(2,3)10(14)12-7-9-5-6-13(4)8-9;1-10(2,3)9(13)12-7-8-4-5-11-6-8/h10-11H,6-9H2,1-5H3,(H,14,16);11H,5-10H2,1-4H3,(H,14,16);5-10H,1-4H3,(H,14,15);5-10H2,1-4H3,(H,13,16);10H,5-8H2,1-4H3,(H,13,16);10H,5-9H2,1-4H3,(H,13,15);10H,4-9H2,1-3H3,(H,13,14);9H,5-8H2,1-4H3,(H,12,14);8,11H,4-7H2,1-3H3,(H,12,13). The first-order valence-corrected chi connectivity index (χ1v) is 52.0. The van der Waals surface area contributed by atoms with Crippen LogP contribution in [0.2, 0.25) is 0 Å². The molecule has 784 valence electrons. The van der Waals surface area contributed by atoms with Crippen LogP contribution in [-0.4, -0.2) is 290 Å². The summed E-state index contributed by atoms with van der Waals surface area (Å²) in [5, 5.41) is 30.4. The van der Waals surface area contributed by atoms with Crippen LogP contribution in [-0.2, 0) is 47.9 Å². The Labute approximate surface area is 824 Å². The zero-order chi connectivity index (χ0) is 103. The van der Waals surface area contributed by atoms with Crippen molar-refractivity contribution in [2.75, 3.05) is 191 Å². The third kappa shape index (κ3) is 57.2. The van der Waals surface area contributed by atoms with Crippen LogP contribution in [0.25, 0.3) is 0 Å². The maximum absolute atomic E-state index is 11.7. The number of hydrogen-bond donors (Lipinski definition) is 10. The van der Waals surface area contributed by atoms with E-state index >= 15 is 0 Å². The molecule has 6 atom stereocenters. The predicted molar refractivity (Wildman–Crippen MR) is 560 cm³/mol. The van der Waals surface area contributed by atoms with E-state index in [1.165, 1.54) is 96.8 Å². The number of amides is 10. The van der Waals surface area contributed by atoms with Crippen molar-refractivity contribution in [3.63, 3.8) is 0 Å². The topological polar surface area (TPSA) is 314 Å². The van der Waals surface area contributed by atoms with Gasteiger partial charge in [0.1, 0.15) is 0 Å². The number of nitrogens with zero attached hydrogens (tertiary/aromatic N) is 7. The predicted octanol–water partition coefficient (Wildman–Crippen LogP) is 14.2. The van der Waals surface area contributed by atoms with Crippen LogP contribution in [0.5, 0.6) is 0 Å². The summed E-state index contributed by atoms with van der Waals surface area (Å²) in [6, 6.07) is 10.7. The Morgan fingerprint density at radius 1 is 0.333 bits per heavy atom. The van der Waals surface area contributed by atoms with Gasteiger partial charge in [-0.1, -0.05) is 250 Å². The smallest absolute Gasteiger partial charge is 0.225 e. The quantitative estimate of drug-likeness (QED) is 0.0516. The molecule has 0 aromatic heterocycles. The fourth-order valence-electron chi connectivity index (χ4n) is 15.5. The van der Waals surface area contributed by atoms with E-state index in [0.717, 1.165) is 162 Å². The van der Waals surface area contributed by atoms with E-state index < -0.39 is 0 Å². The Morgan fingerprint density at radius 2 is 0.667 bits per heavy atom. The molecule has 1 aliphatic carbocycles. The Balaban J connectivity index is 0.000000760. The molecule has 6 unspecified atom stereocenters. The first-order valence-electron chi connectivity index (χ1n) is 52.0. The van der Waals surface area contributed by atoms with Gasteiger partial charge in [-0.2, -0.15) is 0 Å². The van der Waals surface area contributed by atoms with E-state index in [-0.39, 0.29) is 114 Å². The van der Waals surface area contributed by atoms with E-state index in [0.29, 0.717) is 48.1 Å². The molecule has 10 N–H and O–H groups in total. The first-order chi connectivity index (χ1) is 62.2. The number of likely N-dealkylation sites (tertiary alicyclic amines) is 5. The minimum Gasteiger partial charge on any atom is -0.355 e. The zero-order valence-electron chi connectivity index (χ0n) is 92.9. The van der Waals surface area contributed by atoms with Gasteiger partial charge in [-0.15, -0.1) is 0 Å². The molecule has 9 rings (SSSR count). The molecular formula is C108H207N17O10. The number of carbonyl (C=O) groups excluding carboxylic acids is 10. The van der Waals surface area contributed by atoms with Gasteiger partial charge >= 0.3 is 0 Å². The molecule has 27 heteroatoms. The lowest BCUT2D eigenvalue weighted by Crippen LogP contribution is -2.47. The Hall–Kier alpha value is -6.36. The highest BCUT2D eigenvalue weighted by Gasteiger charge is 2.34. The summed E-state index contributed by atoms with van der Waals surface area (Å²) in [4.78, 5) is 132. The summed E-state index contributed by atoms with van der Waals surface area (Å²) >= 11 is 0. The number of benzene rings is 1. The van der Waals surface area contributed by atoms with Crippen LogP contribution in [0, 0.1) is 90.2 Å². The van der Waals surface area contributed by atoms with Gasteiger partial charge < -0.3 is 82.6 Å². The number of piperazine rings is 1. The molecule has 0 spiro atoms. The molecule has 1 aromatic carbocycles. The van der Waals surface area contributed by atoms with Crippen LogP contribution >= 0.6 is 0 Å². The molecule has 8 aliphatic rings. The number of piperidine rings is 1. The molecule has 7 heterocycles. The van der Waals surface area contributed by atoms with Gasteiger partial charge in [-0.25, -0.2) is 0 Å². The highest BCUT2D eigenvalue weighted by Crippen LogP contribution is 2.27. The second kappa shape index (κ2) is 61.4. The summed E-state index contributed by atoms with van der Waals surface area (Å²) < 4.78 is 0. The number of nitrogens with one attached hydrogen (secondary N) is 10. The molecule has 1 aromatic rings. The minimum atomic E-state index is -0.334. The van der Waals surface area contributed by atoms with E-state index in [9.17, 15) is 47.9 Å². The Bertz CT molecular complexity index is 3510. The molecule has 1 saturated carbocycles. The van der Waals surface area contributed by atoms with E-state index in [1.807, 2.05) is 229 Å². The number of rotatable bonds is 22. The highest BCUT2D eigenvalue weighted by atomic mass is 16.2. The van der Waals surface area contributed by atoms with Crippen molar-refractivity contribution in [1.82, 2.24) is 87.5 Å². The summed E-state index contributed by atoms with van der Waals surface area (Å²) in [5.74, 6) is 5.80. The van der Waals surface area contributed by atoms with E-state index in [2.05, 4.69) is 124 Å². The monoisotopic (exact) mass is 1900 g/mol. The molecule has 135 heavy (non-hydrogen) atoms. The van der Waals surface area contributed by atoms with E-state index in [4.69, 9.17) is 0 Å². The van der Waals surface area contributed by atoms with Gasteiger partial charge in [0.2, 0.25) is 59.1 Å². The third-order valence-corrected chi connectivity index (χ3v) is 26.1. The molecule has 0 radical (unpaired) electrons. The first kappa shape index (κ1) is 127. The number of hydrogen-bond acceptors (Lipinski definition) is 17. The van der Waals surface area contributed by atoms with Gasteiger partial charge in [0.05, 0.1) is 6.04 Å². The summed E-state index contributed by atoms with van der Waals surface area (Å²) in [5.41, 5.74) is -1.35. The van der Waals surface area contributed by atoms with Gasteiger partial charge in [0.25, 0.3) is 0 Å². The van der Waals surface area contributed by atoms with Gasteiger partial charge in [0.15, 0.2) is 0 Å². The molecule has 7 saturated heterocycles. The second-order valence-corrected chi connectivity index (χ2v) is 49.3. The molecular weight excluding hydrogens is 1700 g/mol.